The van der Waals surface area contributed by atoms with E-state index in [1.165, 1.54) is 19.2 Å². The summed E-state index contributed by atoms with van der Waals surface area (Å²) in [6.07, 6.45) is -2.91. The van der Waals surface area contributed by atoms with Gasteiger partial charge in [-0.2, -0.15) is 13.2 Å². The van der Waals surface area contributed by atoms with Crippen molar-refractivity contribution in [2.24, 2.45) is 0 Å². The maximum Gasteiger partial charge on any atom is 0.416 e. The minimum Gasteiger partial charge on any atom is -0.493 e. The van der Waals surface area contributed by atoms with Crippen molar-refractivity contribution in [3.63, 3.8) is 0 Å². The van der Waals surface area contributed by atoms with Crippen LogP contribution < -0.4 is 14.8 Å². The molecule has 1 unspecified atom stereocenters. The van der Waals surface area contributed by atoms with Crippen LogP contribution in [-0.2, 0) is 6.18 Å². The lowest BCUT2D eigenvalue weighted by Gasteiger charge is -2.26. The first-order valence-corrected chi connectivity index (χ1v) is 8.80. The van der Waals surface area contributed by atoms with Gasteiger partial charge in [0.1, 0.15) is 0 Å². The van der Waals surface area contributed by atoms with Gasteiger partial charge in [0.2, 0.25) is 0 Å². The monoisotopic (exact) mass is 394 g/mol. The summed E-state index contributed by atoms with van der Waals surface area (Å²) in [5, 5.41) is 2.58. The number of rotatable bonds is 4. The summed E-state index contributed by atoms with van der Waals surface area (Å²) < 4.78 is 49.2. The van der Waals surface area contributed by atoms with Crippen LogP contribution in [0.2, 0.25) is 0 Å². The first-order valence-electron chi connectivity index (χ1n) is 8.80. The summed E-state index contributed by atoms with van der Waals surface area (Å²) in [6, 6.07) is 9.44. The van der Waals surface area contributed by atoms with Crippen LogP contribution in [-0.4, -0.2) is 31.7 Å². The average Bonchev–Trinajstić information content (AvgIpc) is 3.17. The molecule has 0 spiro atoms. The van der Waals surface area contributed by atoms with Gasteiger partial charge < -0.3 is 19.7 Å². The van der Waals surface area contributed by atoms with Crippen molar-refractivity contribution in [1.82, 2.24) is 4.90 Å². The molecule has 0 aromatic heterocycles. The number of nitrogens with zero attached hydrogens (tertiary/aromatic N) is 1. The van der Waals surface area contributed by atoms with Crippen LogP contribution in [0.15, 0.2) is 42.5 Å². The third-order valence-electron chi connectivity index (χ3n) is 4.75. The molecule has 0 radical (unpaired) electrons. The molecule has 2 aromatic rings. The molecule has 0 aliphatic carbocycles. The third-order valence-corrected chi connectivity index (χ3v) is 4.75. The van der Waals surface area contributed by atoms with Gasteiger partial charge in [0.15, 0.2) is 11.5 Å². The van der Waals surface area contributed by atoms with Crippen molar-refractivity contribution < 1.29 is 27.4 Å². The molecule has 2 amide bonds. The van der Waals surface area contributed by atoms with Gasteiger partial charge in [0.05, 0.1) is 25.8 Å². The van der Waals surface area contributed by atoms with Crippen LogP contribution in [0.5, 0.6) is 11.5 Å². The minimum atomic E-state index is -4.46. The Bertz CT molecular complexity index is 855. The second kappa shape index (κ2) is 8.00. The molecule has 3 rings (SSSR count). The topological polar surface area (TPSA) is 50.8 Å². The van der Waals surface area contributed by atoms with E-state index in [0.717, 1.165) is 30.5 Å². The first kappa shape index (κ1) is 19.9. The number of ether oxygens (including phenoxy) is 2. The van der Waals surface area contributed by atoms with Crippen molar-refractivity contribution in [3.8, 4) is 11.5 Å². The summed E-state index contributed by atoms with van der Waals surface area (Å²) in [4.78, 5) is 14.3. The van der Waals surface area contributed by atoms with Gasteiger partial charge in [-0.05, 0) is 48.7 Å². The number of carbonyl (C=O) groups is 1. The standard InChI is InChI=1S/C20H21F3N2O3/c1-27-17-9-8-13(11-18(17)28-2)16-7-4-10-25(16)19(26)24-15-6-3-5-14(12-15)20(21,22)23/h3,5-6,8-9,11-12,16H,4,7,10H2,1-2H3,(H,24,26). The molecule has 28 heavy (non-hydrogen) atoms. The van der Waals surface area contributed by atoms with E-state index in [1.54, 1.807) is 18.1 Å². The van der Waals surface area contributed by atoms with Crippen LogP contribution in [0, 0.1) is 0 Å². The Kier molecular flexibility index (Phi) is 5.67. The number of anilines is 1. The number of hydrogen-bond acceptors (Lipinski definition) is 3. The van der Waals surface area contributed by atoms with Gasteiger partial charge in [-0.1, -0.05) is 12.1 Å². The number of halogens is 3. The molecule has 0 saturated carbocycles. The highest BCUT2D eigenvalue weighted by Crippen LogP contribution is 2.37. The predicted molar refractivity (Wildman–Crippen MR) is 98.7 cm³/mol. The third kappa shape index (κ3) is 4.16. The number of nitrogens with one attached hydrogen (secondary N) is 1. The number of benzene rings is 2. The summed E-state index contributed by atoms with van der Waals surface area (Å²) in [7, 11) is 3.08. The molecule has 1 heterocycles. The maximum absolute atomic E-state index is 12.9. The molecule has 8 heteroatoms. The molecule has 1 fully saturated rings. The predicted octanol–water partition coefficient (Wildman–Crippen LogP) is 5.09. The maximum atomic E-state index is 12.9. The Labute approximate surface area is 161 Å². The van der Waals surface area contributed by atoms with Gasteiger partial charge in [-0.3, -0.25) is 0 Å². The van der Waals surface area contributed by atoms with Crippen LogP contribution >= 0.6 is 0 Å². The molecular weight excluding hydrogens is 373 g/mol. The minimum absolute atomic E-state index is 0.109. The SMILES string of the molecule is COc1ccc(C2CCCN2C(=O)Nc2cccc(C(F)(F)F)c2)cc1OC. The Morgan fingerprint density at radius 1 is 1.11 bits per heavy atom. The van der Waals surface area contributed by atoms with Gasteiger partial charge >= 0.3 is 12.2 Å². The number of alkyl halides is 3. The van der Waals surface area contributed by atoms with E-state index >= 15 is 0 Å². The number of likely N-dealkylation sites (tertiary alicyclic amines) is 1. The number of hydrogen-bond donors (Lipinski definition) is 1. The fourth-order valence-corrected chi connectivity index (χ4v) is 3.38. The summed E-state index contributed by atoms with van der Waals surface area (Å²) >= 11 is 0. The van der Waals surface area contributed by atoms with E-state index in [9.17, 15) is 18.0 Å². The summed E-state index contributed by atoms with van der Waals surface area (Å²) in [5.41, 5.74) is 0.190. The number of urea groups is 1. The zero-order chi connectivity index (χ0) is 20.3. The average molecular weight is 394 g/mol. The number of amides is 2. The molecule has 1 saturated heterocycles. The number of methoxy groups -OCH3 is 2. The summed E-state index contributed by atoms with van der Waals surface area (Å²) in [6.45, 7) is 0.518. The Hall–Kier alpha value is -2.90. The fraction of sp³-hybridized carbons (Fsp3) is 0.350. The summed E-state index contributed by atoms with van der Waals surface area (Å²) in [5.74, 6) is 1.15. The second-order valence-corrected chi connectivity index (χ2v) is 6.47. The Balaban J connectivity index is 1.79. The second-order valence-electron chi connectivity index (χ2n) is 6.47. The van der Waals surface area contributed by atoms with Gasteiger partial charge in [-0.15, -0.1) is 0 Å². The van der Waals surface area contributed by atoms with E-state index in [4.69, 9.17) is 9.47 Å². The van der Waals surface area contributed by atoms with E-state index in [-0.39, 0.29) is 11.7 Å². The number of carbonyl (C=O) groups excluding carboxylic acids is 1. The van der Waals surface area contributed by atoms with E-state index in [2.05, 4.69) is 5.32 Å². The lowest BCUT2D eigenvalue weighted by molar-refractivity contribution is -0.137. The van der Waals surface area contributed by atoms with Crippen LogP contribution in [0.1, 0.15) is 30.0 Å². The van der Waals surface area contributed by atoms with Crippen LogP contribution in [0.4, 0.5) is 23.7 Å². The molecule has 0 bridgehead atoms. The normalized spacial score (nSPS) is 16.8. The van der Waals surface area contributed by atoms with Crippen molar-refractivity contribution in [2.45, 2.75) is 25.1 Å². The first-order chi connectivity index (χ1) is 13.3. The quantitative estimate of drug-likeness (QED) is 0.786. The smallest absolute Gasteiger partial charge is 0.416 e. The van der Waals surface area contributed by atoms with Crippen LogP contribution in [0.3, 0.4) is 0 Å². The molecule has 1 atom stereocenters. The molecule has 1 aliphatic heterocycles. The Morgan fingerprint density at radius 2 is 1.86 bits per heavy atom. The highest BCUT2D eigenvalue weighted by atomic mass is 19.4. The van der Waals surface area contributed by atoms with Crippen LogP contribution in [0.25, 0.3) is 0 Å². The zero-order valence-corrected chi connectivity index (χ0v) is 15.5. The lowest BCUT2D eigenvalue weighted by Crippen LogP contribution is -2.34. The van der Waals surface area contributed by atoms with Crippen molar-refractivity contribution in [3.05, 3.63) is 53.6 Å². The lowest BCUT2D eigenvalue weighted by atomic mass is 10.0. The highest BCUT2D eigenvalue weighted by molar-refractivity contribution is 5.90. The molecule has 1 N–H and O–H groups in total. The van der Waals surface area contributed by atoms with Crippen molar-refractivity contribution >= 4 is 11.7 Å². The van der Waals surface area contributed by atoms with E-state index < -0.39 is 17.8 Å². The van der Waals surface area contributed by atoms with Crippen molar-refractivity contribution in [1.29, 1.82) is 0 Å². The van der Waals surface area contributed by atoms with Gasteiger partial charge in [0, 0.05) is 12.2 Å². The molecule has 1 aliphatic rings. The van der Waals surface area contributed by atoms with E-state index in [1.807, 2.05) is 12.1 Å². The largest absolute Gasteiger partial charge is 0.493 e. The van der Waals surface area contributed by atoms with Gasteiger partial charge in [-0.25, -0.2) is 4.79 Å². The van der Waals surface area contributed by atoms with Crippen molar-refractivity contribution in [2.75, 3.05) is 26.1 Å². The fourth-order valence-electron chi connectivity index (χ4n) is 3.38. The van der Waals surface area contributed by atoms with Gasteiger partial charge in [0.25, 0.3) is 0 Å². The molecule has 5 nitrogen and oxygen atoms in total. The molecule has 2 aromatic carbocycles. The molecule has 150 valence electrons. The van der Waals surface area contributed by atoms with E-state index in [0.29, 0.717) is 18.0 Å². The highest BCUT2D eigenvalue weighted by Gasteiger charge is 2.32. The molecular formula is C20H21F3N2O3. The zero-order valence-electron chi connectivity index (χ0n) is 15.5. The Morgan fingerprint density at radius 3 is 2.54 bits per heavy atom.